The molecule has 7 heteroatoms. The molecule has 3 aromatic rings. The van der Waals surface area contributed by atoms with Crippen LogP contribution in [0.5, 0.6) is 0 Å². The van der Waals surface area contributed by atoms with E-state index in [2.05, 4.69) is 37.3 Å². The van der Waals surface area contributed by atoms with Gasteiger partial charge in [-0.25, -0.2) is 4.79 Å². The van der Waals surface area contributed by atoms with Gasteiger partial charge in [-0.3, -0.25) is 0 Å². The van der Waals surface area contributed by atoms with E-state index in [0.717, 1.165) is 37.0 Å². The fourth-order valence-electron chi connectivity index (χ4n) is 5.40. The Hall–Kier alpha value is -1.51. The van der Waals surface area contributed by atoms with Gasteiger partial charge < -0.3 is 31.3 Å². The molecule has 4 nitrogen and oxygen atoms in total. The second-order valence-corrected chi connectivity index (χ2v) is 10.8. The van der Waals surface area contributed by atoms with Crippen molar-refractivity contribution in [3.63, 3.8) is 0 Å². The first-order valence-corrected chi connectivity index (χ1v) is 12.7. The average Bonchev–Trinajstić information content (AvgIpc) is 3.54. The van der Waals surface area contributed by atoms with Crippen molar-refractivity contribution in [1.29, 1.82) is 0 Å². The summed E-state index contributed by atoms with van der Waals surface area (Å²) >= 11 is 2.77. The summed E-state index contributed by atoms with van der Waals surface area (Å²) in [6.07, 6.45) is 1.96. The number of quaternary nitrogens is 1. The highest BCUT2D eigenvalue weighted by atomic mass is 79.9. The van der Waals surface area contributed by atoms with Crippen LogP contribution in [0, 0.1) is 5.92 Å². The minimum absolute atomic E-state index is 0. The molecule has 5 heterocycles. The first-order chi connectivity index (χ1) is 15.0. The van der Waals surface area contributed by atoms with Crippen LogP contribution < -0.4 is 17.0 Å². The Morgan fingerprint density at radius 1 is 1.03 bits per heavy atom. The zero-order valence-corrected chi connectivity index (χ0v) is 21.2. The summed E-state index contributed by atoms with van der Waals surface area (Å²) in [7, 11) is 0. The Kier molecular flexibility index (Phi) is 6.94. The maximum atomic E-state index is 13.5. The van der Waals surface area contributed by atoms with E-state index in [0.29, 0.717) is 21.7 Å². The third-order valence-corrected chi connectivity index (χ3v) is 9.33. The molecule has 170 valence electrons. The van der Waals surface area contributed by atoms with Crippen molar-refractivity contribution in [2.75, 3.05) is 19.6 Å². The SMILES string of the molecule is CC(c1ccccc1)[N+]12CCC(CC1)[C@@H](OC(=O)C(O)(c1cccs1)c1cccs1)C2.[Br-]. The van der Waals surface area contributed by atoms with Gasteiger partial charge in [0.25, 0.3) is 0 Å². The van der Waals surface area contributed by atoms with E-state index in [4.69, 9.17) is 4.74 Å². The summed E-state index contributed by atoms with van der Waals surface area (Å²) in [4.78, 5) is 14.7. The molecule has 2 aromatic heterocycles. The van der Waals surface area contributed by atoms with Gasteiger partial charge in [-0.05, 0) is 29.8 Å². The maximum absolute atomic E-state index is 13.5. The number of rotatable bonds is 6. The molecule has 1 unspecified atom stereocenters. The predicted molar refractivity (Wildman–Crippen MR) is 124 cm³/mol. The summed E-state index contributed by atoms with van der Waals surface area (Å²) in [6.45, 7) is 5.36. The highest BCUT2D eigenvalue weighted by Gasteiger charge is 2.53. The molecule has 0 radical (unpaired) electrons. The molecule has 3 saturated heterocycles. The van der Waals surface area contributed by atoms with Gasteiger partial charge in [-0.1, -0.05) is 42.5 Å². The number of nitrogens with zero attached hydrogens (tertiary/aromatic N) is 1. The number of aliphatic hydroxyl groups is 1. The molecule has 0 spiro atoms. The van der Waals surface area contributed by atoms with Crippen molar-refractivity contribution in [2.45, 2.75) is 37.5 Å². The molecule has 32 heavy (non-hydrogen) atoms. The van der Waals surface area contributed by atoms with Gasteiger partial charge in [-0.2, -0.15) is 0 Å². The first-order valence-electron chi connectivity index (χ1n) is 10.9. The molecular formula is C25H28BrNO3S2. The van der Waals surface area contributed by atoms with Crippen LogP contribution in [0.25, 0.3) is 0 Å². The van der Waals surface area contributed by atoms with Crippen molar-refractivity contribution in [2.24, 2.45) is 5.92 Å². The fourth-order valence-corrected chi connectivity index (χ4v) is 7.12. The average molecular weight is 535 g/mol. The highest BCUT2D eigenvalue weighted by molar-refractivity contribution is 7.12. The largest absolute Gasteiger partial charge is 1.00 e. The summed E-state index contributed by atoms with van der Waals surface area (Å²) in [5.41, 5.74) is -0.397. The van der Waals surface area contributed by atoms with Crippen molar-refractivity contribution in [3.05, 3.63) is 80.7 Å². The van der Waals surface area contributed by atoms with Crippen LogP contribution in [0.15, 0.2) is 65.4 Å². The van der Waals surface area contributed by atoms with Crippen LogP contribution in [0.3, 0.4) is 0 Å². The highest BCUT2D eigenvalue weighted by Crippen LogP contribution is 2.44. The minimum Gasteiger partial charge on any atom is -1.00 e. The normalized spacial score (nSPS) is 25.7. The molecule has 2 atom stereocenters. The van der Waals surface area contributed by atoms with Gasteiger partial charge in [0.1, 0.15) is 12.6 Å². The molecule has 0 saturated carbocycles. The maximum Gasteiger partial charge on any atom is 0.349 e. The van der Waals surface area contributed by atoms with Crippen LogP contribution in [-0.4, -0.2) is 41.3 Å². The van der Waals surface area contributed by atoms with E-state index < -0.39 is 11.6 Å². The zero-order valence-electron chi connectivity index (χ0n) is 18.0. The molecule has 3 aliphatic rings. The van der Waals surface area contributed by atoms with Gasteiger partial charge >= 0.3 is 5.97 Å². The third kappa shape index (κ3) is 3.99. The number of carbonyl (C=O) groups is 1. The van der Waals surface area contributed by atoms with Crippen molar-refractivity contribution >= 4 is 28.6 Å². The number of carbonyl (C=O) groups excluding carboxylic acids is 1. The van der Waals surface area contributed by atoms with Gasteiger partial charge in [0.05, 0.1) is 22.8 Å². The quantitative estimate of drug-likeness (QED) is 0.389. The number of fused-ring (bicyclic) bond motifs is 3. The van der Waals surface area contributed by atoms with E-state index in [9.17, 15) is 9.90 Å². The number of benzene rings is 1. The molecule has 2 bridgehead atoms. The number of esters is 1. The Morgan fingerprint density at radius 3 is 2.16 bits per heavy atom. The summed E-state index contributed by atoms with van der Waals surface area (Å²) < 4.78 is 7.11. The molecule has 0 aliphatic carbocycles. The smallest absolute Gasteiger partial charge is 0.349 e. The van der Waals surface area contributed by atoms with E-state index in [1.165, 1.54) is 28.2 Å². The Labute approximate surface area is 207 Å². The molecule has 0 amide bonds. The van der Waals surface area contributed by atoms with Gasteiger partial charge in [0.2, 0.25) is 5.60 Å². The van der Waals surface area contributed by atoms with Crippen molar-refractivity contribution < 1.29 is 36.1 Å². The number of ether oxygens (including phenoxy) is 1. The minimum atomic E-state index is -1.73. The number of piperidine rings is 3. The fraction of sp³-hybridized carbons (Fsp3) is 0.400. The topological polar surface area (TPSA) is 46.5 Å². The van der Waals surface area contributed by atoms with Crippen molar-refractivity contribution in [1.82, 2.24) is 0 Å². The lowest BCUT2D eigenvalue weighted by Gasteiger charge is -2.55. The molecular weight excluding hydrogens is 506 g/mol. The Morgan fingerprint density at radius 2 is 1.62 bits per heavy atom. The second-order valence-electron chi connectivity index (χ2n) is 8.88. The molecule has 1 N–H and O–H groups in total. The lowest BCUT2D eigenvalue weighted by Crippen LogP contribution is -3.00. The second kappa shape index (κ2) is 9.39. The van der Waals surface area contributed by atoms with Crippen LogP contribution >= 0.6 is 22.7 Å². The van der Waals surface area contributed by atoms with Crippen LogP contribution in [0.1, 0.15) is 41.1 Å². The molecule has 3 fully saturated rings. The standard InChI is InChI=1S/C25H28NO3S2.BrH/c1-18(19-7-3-2-4-8-19)26-13-11-20(12-14-26)21(17-26)29-24(27)25(28,22-9-5-15-30-22)23-10-6-16-31-23;/h2-10,15-16,18,20-21,28H,11-14,17H2,1H3;1H/q+1;/p-1/t18?,20?,21-,26?;/m0./s1. The Bertz CT molecular complexity index is 981. The first kappa shape index (κ1) is 23.6. The number of halogens is 1. The van der Waals surface area contributed by atoms with Crippen LogP contribution in [0.2, 0.25) is 0 Å². The number of hydrogen-bond donors (Lipinski definition) is 1. The van der Waals surface area contributed by atoms with E-state index in [-0.39, 0.29) is 23.1 Å². The molecule has 1 aromatic carbocycles. The molecule has 6 rings (SSSR count). The number of hydrogen-bond acceptors (Lipinski definition) is 5. The Balaban J connectivity index is 0.00000245. The predicted octanol–water partition coefficient (Wildman–Crippen LogP) is 1.96. The van der Waals surface area contributed by atoms with Gasteiger partial charge in [0, 0.05) is 24.3 Å². The number of thiophene rings is 2. The summed E-state index contributed by atoms with van der Waals surface area (Å²) in [6, 6.07) is 18.4. The zero-order chi connectivity index (χ0) is 21.5. The summed E-state index contributed by atoms with van der Waals surface area (Å²) in [5, 5.41) is 15.4. The van der Waals surface area contributed by atoms with E-state index in [1.54, 1.807) is 0 Å². The van der Waals surface area contributed by atoms with Gasteiger partial charge in [-0.15, -0.1) is 22.7 Å². The lowest BCUT2D eigenvalue weighted by molar-refractivity contribution is -0.972. The summed E-state index contributed by atoms with van der Waals surface area (Å²) in [5.74, 6) is -0.162. The lowest BCUT2D eigenvalue weighted by atomic mass is 9.81. The third-order valence-electron chi connectivity index (χ3n) is 7.37. The van der Waals surface area contributed by atoms with Crippen molar-refractivity contribution in [3.8, 4) is 0 Å². The molecule has 3 aliphatic heterocycles. The van der Waals surface area contributed by atoms with Crippen LogP contribution in [0.4, 0.5) is 0 Å². The van der Waals surface area contributed by atoms with E-state index >= 15 is 0 Å². The monoisotopic (exact) mass is 533 g/mol. The van der Waals surface area contributed by atoms with Crippen LogP contribution in [-0.2, 0) is 15.1 Å². The van der Waals surface area contributed by atoms with E-state index in [1.807, 2.05) is 35.0 Å². The van der Waals surface area contributed by atoms with Gasteiger partial charge in [0.15, 0.2) is 6.10 Å².